The zero-order chi connectivity index (χ0) is 15.2. The fraction of sp³-hybridized carbons (Fsp3) is 0.143. The first kappa shape index (κ1) is 14.9. The lowest BCUT2D eigenvalue weighted by atomic mass is 10.2. The van der Waals surface area contributed by atoms with Gasteiger partial charge in [-0.1, -0.05) is 23.7 Å². The number of hydrogen-bond acceptors (Lipinski definition) is 4. The number of nitrogens with zero attached hydrogens (tertiary/aromatic N) is 3. The molecule has 2 rings (SSSR count). The minimum atomic E-state index is -1.08. The smallest absolute Gasteiger partial charge is 0.323 e. The number of carboxylic acid groups (broad SMARTS) is 1. The van der Waals surface area contributed by atoms with Crippen molar-refractivity contribution in [1.29, 1.82) is 0 Å². The van der Waals surface area contributed by atoms with Crippen molar-refractivity contribution in [2.24, 2.45) is 0 Å². The monoisotopic (exact) mass is 305 g/mol. The summed E-state index contributed by atoms with van der Waals surface area (Å²) in [6.45, 7) is -0.228. The molecule has 21 heavy (non-hydrogen) atoms. The van der Waals surface area contributed by atoms with Crippen LogP contribution in [0.4, 0.5) is 0 Å². The summed E-state index contributed by atoms with van der Waals surface area (Å²) >= 11 is 5.80. The maximum absolute atomic E-state index is 12.3. The number of hydrogen-bond donors (Lipinski definition) is 1. The largest absolute Gasteiger partial charge is 0.480 e. The molecule has 1 aromatic heterocycles. The van der Waals surface area contributed by atoms with Gasteiger partial charge in [-0.15, -0.1) is 0 Å². The van der Waals surface area contributed by atoms with E-state index in [1.807, 2.05) is 0 Å². The molecule has 0 aliphatic rings. The number of rotatable bonds is 5. The molecule has 6 nitrogen and oxygen atoms in total. The van der Waals surface area contributed by atoms with Gasteiger partial charge in [-0.2, -0.15) is 10.2 Å². The van der Waals surface area contributed by atoms with Gasteiger partial charge in [0.2, 0.25) is 0 Å². The molecule has 0 spiro atoms. The van der Waals surface area contributed by atoms with Crippen LogP contribution in [0.1, 0.15) is 15.9 Å². The molecule has 108 valence electrons. The Morgan fingerprint density at radius 1 is 1.14 bits per heavy atom. The van der Waals surface area contributed by atoms with E-state index < -0.39 is 18.4 Å². The second-order valence-corrected chi connectivity index (χ2v) is 4.75. The van der Waals surface area contributed by atoms with Gasteiger partial charge >= 0.3 is 5.97 Å². The zero-order valence-corrected chi connectivity index (χ0v) is 11.7. The maximum Gasteiger partial charge on any atom is 0.323 e. The van der Waals surface area contributed by atoms with E-state index in [9.17, 15) is 9.59 Å². The Morgan fingerprint density at radius 2 is 1.86 bits per heavy atom. The quantitative estimate of drug-likeness (QED) is 0.911. The van der Waals surface area contributed by atoms with Gasteiger partial charge < -0.3 is 10.0 Å². The van der Waals surface area contributed by atoms with E-state index >= 15 is 0 Å². The maximum atomic E-state index is 12.3. The van der Waals surface area contributed by atoms with E-state index in [4.69, 9.17) is 16.7 Å². The van der Waals surface area contributed by atoms with Crippen LogP contribution in [0.2, 0.25) is 5.02 Å². The van der Waals surface area contributed by atoms with Crippen LogP contribution in [0.5, 0.6) is 0 Å². The normalized spacial score (nSPS) is 10.1. The average molecular weight is 306 g/mol. The molecule has 1 heterocycles. The first-order chi connectivity index (χ1) is 10.1. The van der Waals surface area contributed by atoms with E-state index in [0.29, 0.717) is 10.6 Å². The predicted molar refractivity (Wildman–Crippen MR) is 75.9 cm³/mol. The van der Waals surface area contributed by atoms with Crippen molar-refractivity contribution < 1.29 is 14.7 Å². The molecular formula is C14H12ClN3O3. The van der Waals surface area contributed by atoms with Crippen LogP contribution in [0.3, 0.4) is 0 Å². The molecule has 0 saturated carbocycles. The van der Waals surface area contributed by atoms with Crippen LogP contribution >= 0.6 is 11.6 Å². The number of carboxylic acids is 1. The van der Waals surface area contributed by atoms with E-state index in [1.54, 1.807) is 24.3 Å². The van der Waals surface area contributed by atoms with Crippen molar-refractivity contribution >= 4 is 23.5 Å². The first-order valence-corrected chi connectivity index (χ1v) is 6.46. The number of aromatic nitrogens is 2. The van der Waals surface area contributed by atoms with E-state index in [-0.39, 0.29) is 6.54 Å². The number of carbonyl (C=O) groups is 2. The molecule has 0 bridgehead atoms. The van der Waals surface area contributed by atoms with E-state index in [0.717, 1.165) is 5.56 Å². The van der Waals surface area contributed by atoms with Crippen molar-refractivity contribution in [3.05, 3.63) is 58.9 Å². The van der Waals surface area contributed by atoms with Gasteiger partial charge in [0.05, 0.1) is 18.0 Å². The molecule has 1 aromatic carbocycles. The third kappa shape index (κ3) is 4.25. The summed E-state index contributed by atoms with van der Waals surface area (Å²) in [7, 11) is 0. The van der Waals surface area contributed by atoms with Gasteiger partial charge in [0.15, 0.2) is 0 Å². The molecule has 0 aliphatic carbocycles. The highest BCUT2D eigenvalue weighted by Crippen LogP contribution is 2.13. The Balaban J connectivity index is 2.20. The highest BCUT2D eigenvalue weighted by atomic mass is 35.5. The van der Waals surface area contributed by atoms with Gasteiger partial charge in [0.1, 0.15) is 6.54 Å². The summed E-state index contributed by atoms with van der Waals surface area (Å²) in [6.07, 6.45) is 2.69. The summed E-state index contributed by atoms with van der Waals surface area (Å²) in [6, 6.07) is 8.36. The molecule has 0 radical (unpaired) electrons. The SMILES string of the molecule is O=C(O)CN(Cc1ccc(Cl)cc1)C(=O)c1ccnnc1. The minimum Gasteiger partial charge on any atom is -0.480 e. The van der Waals surface area contributed by atoms with Crippen LogP contribution in [-0.4, -0.2) is 38.6 Å². The Hall–Kier alpha value is -2.47. The van der Waals surface area contributed by atoms with E-state index in [1.165, 1.54) is 23.4 Å². The number of amides is 1. The van der Waals surface area contributed by atoms with Gasteiger partial charge in [0, 0.05) is 11.6 Å². The zero-order valence-electron chi connectivity index (χ0n) is 10.9. The molecule has 0 unspecified atom stereocenters. The van der Waals surface area contributed by atoms with Gasteiger partial charge in [-0.05, 0) is 23.8 Å². The van der Waals surface area contributed by atoms with Crippen LogP contribution in [0.15, 0.2) is 42.7 Å². The fourth-order valence-electron chi connectivity index (χ4n) is 1.77. The van der Waals surface area contributed by atoms with Crippen molar-refractivity contribution in [3.8, 4) is 0 Å². The molecule has 0 aliphatic heterocycles. The van der Waals surface area contributed by atoms with Crippen molar-refractivity contribution in [2.45, 2.75) is 6.54 Å². The molecule has 0 fully saturated rings. The highest BCUT2D eigenvalue weighted by molar-refractivity contribution is 6.30. The molecule has 0 saturated heterocycles. The molecule has 0 atom stereocenters. The topological polar surface area (TPSA) is 83.4 Å². The highest BCUT2D eigenvalue weighted by Gasteiger charge is 2.19. The number of halogens is 1. The molecular weight excluding hydrogens is 294 g/mol. The average Bonchev–Trinajstić information content (AvgIpc) is 2.48. The minimum absolute atomic E-state index is 0.171. The summed E-state index contributed by atoms with van der Waals surface area (Å²) in [5.41, 5.74) is 1.08. The Kier molecular flexibility index (Phi) is 4.84. The second-order valence-electron chi connectivity index (χ2n) is 4.31. The number of carbonyl (C=O) groups excluding carboxylic acids is 1. The fourth-order valence-corrected chi connectivity index (χ4v) is 1.90. The molecule has 7 heteroatoms. The summed E-state index contributed by atoms with van der Waals surface area (Å²) in [4.78, 5) is 24.5. The van der Waals surface area contributed by atoms with Gasteiger partial charge in [0.25, 0.3) is 5.91 Å². The van der Waals surface area contributed by atoms with Crippen LogP contribution in [0, 0.1) is 0 Å². The lowest BCUT2D eigenvalue weighted by Gasteiger charge is -2.20. The van der Waals surface area contributed by atoms with Crippen molar-refractivity contribution in [1.82, 2.24) is 15.1 Å². The van der Waals surface area contributed by atoms with E-state index in [2.05, 4.69) is 10.2 Å². The lowest BCUT2D eigenvalue weighted by molar-refractivity contribution is -0.137. The van der Waals surface area contributed by atoms with Gasteiger partial charge in [-0.25, -0.2) is 0 Å². The third-order valence-electron chi connectivity index (χ3n) is 2.73. The second kappa shape index (κ2) is 6.81. The van der Waals surface area contributed by atoms with Gasteiger partial charge in [-0.3, -0.25) is 9.59 Å². The Morgan fingerprint density at radius 3 is 2.43 bits per heavy atom. The summed E-state index contributed by atoms with van der Waals surface area (Å²) in [5.74, 6) is -1.50. The number of benzene rings is 1. The predicted octanol–water partition coefficient (Wildman–Crippen LogP) is 1.86. The van der Waals surface area contributed by atoms with Crippen molar-refractivity contribution in [2.75, 3.05) is 6.54 Å². The van der Waals surface area contributed by atoms with Crippen LogP contribution < -0.4 is 0 Å². The Labute approximate surface area is 126 Å². The Bertz CT molecular complexity index is 632. The molecule has 1 N–H and O–H groups in total. The number of aliphatic carboxylic acids is 1. The summed E-state index contributed by atoms with van der Waals surface area (Å²) in [5, 5.41) is 16.7. The third-order valence-corrected chi connectivity index (χ3v) is 2.98. The van der Waals surface area contributed by atoms with Crippen LogP contribution in [-0.2, 0) is 11.3 Å². The van der Waals surface area contributed by atoms with Crippen LogP contribution in [0.25, 0.3) is 0 Å². The molecule has 1 amide bonds. The molecule has 2 aromatic rings. The first-order valence-electron chi connectivity index (χ1n) is 6.08. The summed E-state index contributed by atoms with van der Waals surface area (Å²) < 4.78 is 0. The lowest BCUT2D eigenvalue weighted by Crippen LogP contribution is -2.35. The standard InChI is InChI=1S/C14H12ClN3O3/c15-12-3-1-10(2-4-12)8-18(9-13(19)20)14(21)11-5-6-16-17-7-11/h1-7H,8-9H2,(H,19,20). The van der Waals surface area contributed by atoms with Crippen molar-refractivity contribution in [3.63, 3.8) is 0 Å².